The number of amides is 2. The SMILES string of the molecule is CC1(C)[C@H](NC(=O)/C(=N\O[C@](C)(C(=O)O)[C@H]2CCc3cc(C(=N)N[C@H]4CC5(C[C@H](CN)C5)C4)ccc3O2)c2csc(N)n2)C(=O)N1OS(=O)(=O)O. The monoisotopic (exact) mass is 748 g/mol. The molecule has 0 unspecified atom stereocenters. The summed E-state index contributed by atoms with van der Waals surface area (Å²) < 4.78 is 41.8. The number of oxime groups is 1. The Morgan fingerprint density at radius 2 is 1.96 bits per heavy atom. The second kappa shape index (κ2) is 13.0. The molecule has 6 rings (SSSR count). The first-order chi connectivity index (χ1) is 23.8. The van der Waals surface area contributed by atoms with Crippen LogP contribution in [0, 0.1) is 16.7 Å². The van der Waals surface area contributed by atoms with E-state index >= 15 is 0 Å². The number of nitrogens with one attached hydrogen (secondary N) is 3. The number of amidine groups is 1. The zero-order valence-corrected chi connectivity index (χ0v) is 29.7. The summed E-state index contributed by atoms with van der Waals surface area (Å²) in [5.74, 6) is -2.11. The number of aliphatic carboxylic acids is 1. The van der Waals surface area contributed by atoms with Gasteiger partial charge in [-0.05, 0) is 101 Å². The van der Waals surface area contributed by atoms with Crippen LogP contribution < -0.4 is 26.8 Å². The number of aryl methyl sites for hydroxylation is 1. The summed E-state index contributed by atoms with van der Waals surface area (Å²) in [6.07, 6.45) is 3.90. The lowest BCUT2D eigenvalue weighted by molar-refractivity contribution is -0.218. The van der Waals surface area contributed by atoms with E-state index in [-0.39, 0.29) is 23.3 Å². The van der Waals surface area contributed by atoms with Gasteiger partial charge in [-0.1, -0.05) is 5.16 Å². The molecule has 276 valence electrons. The number of rotatable bonds is 12. The van der Waals surface area contributed by atoms with Gasteiger partial charge in [-0.25, -0.2) is 9.78 Å². The molecule has 2 aromatic rings. The Hall–Kier alpha value is -4.37. The zero-order valence-electron chi connectivity index (χ0n) is 28.0. The minimum absolute atomic E-state index is 0.0600. The zero-order chi connectivity index (χ0) is 37.1. The molecule has 3 fully saturated rings. The minimum Gasteiger partial charge on any atom is -0.485 e. The van der Waals surface area contributed by atoms with Crippen LogP contribution >= 0.6 is 11.3 Å². The summed E-state index contributed by atoms with van der Waals surface area (Å²) in [6, 6.07) is 4.17. The number of nitrogens with two attached hydrogens (primary N) is 2. The van der Waals surface area contributed by atoms with Crippen molar-refractivity contribution in [1.82, 2.24) is 20.7 Å². The van der Waals surface area contributed by atoms with Crippen LogP contribution in [0.2, 0.25) is 0 Å². The number of carboxylic acid groups (broad SMARTS) is 1. The molecule has 3 heterocycles. The summed E-state index contributed by atoms with van der Waals surface area (Å²) in [6.45, 7) is 4.72. The number of thiazole rings is 1. The van der Waals surface area contributed by atoms with E-state index in [0.29, 0.717) is 40.0 Å². The van der Waals surface area contributed by atoms with Gasteiger partial charge in [0.05, 0.1) is 5.54 Å². The van der Waals surface area contributed by atoms with Crippen molar-refractivity contribution in [3.05, 3.63) is 40.4 Å². The van der Waals surface area contributed by atoms with E-state index in [0.717, 1.165) is 49.1 Å². The number of anilines is 1. The van der Waals surface area contributed by atoms with Crippen LogP contribution in [-0.2, 0) is 40.3 Å². The Morgan fingerprint density at radius 1 is 1.25 bits per heavy atom. The molecule has 1 saturated heterocycles. The smallest absolute Gasteiger partial charge is 0.418 e. The van der Waals surface area contributed by atoms with E-state index in [1.54, 1.807) is 12.1 Å². The van der Waals surface area contributed by atoms with Crippen LogP contribution in [-0.4, -0.2) is 93.3 Å². The number of hydroxylamine groups is 2. The number of carboxylic acids is 1. The van der Waals surface area contributed by atoms with Crippen LogP contribution in [0.3, 0.4) is 0 Å². The van der Waals surface area contributed by atoms with Crippen molar-refractivity contribution in [2.24, 2.45) is 22.2 Å². The average Bonchev–Trinajstić information content (AvgIpc) is 3.47. The van der Waals surface area contributed by atoms with Crippen LogP contribution in [0.5, 0.6) is 5.75 Å². The largest absolute Gasteiger partial charge is 0.485 e. The molecule has 1 aromatic carbocycles. The number of nitrogen functional groups attached to an aromatic ring is 1. The number of ether oxygens (including phenoxy) is 1. The lowest BCUT2D eigenvalue weighted by atomic mass is 9.50. The van der Waals surface area contributed by atoms with Crippen LogP contribution in [0.4, 0.5) is 5.13 Å². The standard InChI is InChI=1S/C31H40N8O10S2/c1-29(2)23(26(41)39(29)49-51(44,45)46)37-25(40)22(19-14-50-28(34)36-19)38-48-30(3,27(42)43)21-7-5-16-8-17(4-6-20(16)47-21)24(33)35-18-11-31(12-18)9-15(10-31)13-32/h4,6,8,14-15,18,21,23H,5,7,9-13,32H2,1-3H3,(H2,33,35)(H2,34,36)(H,37,40)(H,42,43)(H,44,45,46)/b38-22-/t15-,18-,21-,23-,30+,31?/m1/s1. The fourth-order valence-corrected chi connectivity index (χ4v) is 8.37. The van der Waals surface area contributed by atoms with Crippen LogP contribution in [0.1, 0.15) is 69.7 Å². The molecule has 0 bridgehead atoms. The van der Waals surface area contributed by atoms with Gasteiger partial charge >= 0.3 is 16.4 Å². The number of carbonyl (C=O) groups is 3. The van der Waals surface area contributed by atoms with Gasteiger partial charge in [0, 0.05) is 17.0 Å². The summed E-state index contributed by atoms with van der Waals surface area (Å²) >= 11 is 0.967. The predicted molar refractivity (Wildman–Crippen MR) is 182 cm³/mol. The minimum atomic E-state index is -5.03. The maximum absolute atomic E-state index is 13.5. The molecule has 2 amide bonds. The van der Waals surface area contributed by atoms with E-state index in [2.05, 4.69) is 25.1 Å². The van der Waals surface area contributed by atoms with Crippen LogP contribution in [0.25, 0.3) is 0 Å². The van der Waals surface area contributed by atoms with E-state index in [1.165, 1.54) is 26.2 Å². The second-order valence-electron chi connectivity index (χ2n) is 14.3. The van der Waals surface area contributed by atoms with Gasteiger partial charge in [-0.2, -0.15) is 13.5 Å². The highest BCUT2D eigenvalue weighted by atomic mass is 32.3. The molecule has 4 aliphatic rings. The van der Waals surface area contributed by atoms with Gasteiger partial charge in [-0.3, -0.25) is 19.6 Å². The van der Waals surface area contributed by atoms with Crippen molar-refractivity contribution in [2.45, 2.75) is 88.6 Å². The second-order valence-corrected chi connectivity index (χ2v) is 16.2. The van der Waals surface area contributed by atoms with Gasteiger partial charge in [0.15, 0.2) is 16.9 Å². The van der Waals surface area contributed by atoms with Gasteiger partial charge in [0.2, 0.25) is 0 Å². The highest BCUT2D eigenvalue weighted by Crippen LogP contribution is 2.58. The number of aromatic nitrogens is 1. The Kier molecular flexibility index (Phi) is 9.28. The molecule has 1 spiro atoms. The third-order valence-electron chi connectivity index (χ3n) is 10.2. The summed E-state index contributed by atoms with van der Waals surface area (Å²) in [4.78, 5) is 48.4. The number of hydrogen-bond donors (Lipinski definition) is 7. The molecule has 3 atom stereocenters. The van der Waals surface area contributed by atoms with E-state index in [9.17, 15) is 27.9 Å². The Balaban J connectivity index is 1.14. The van der Waals surface area contributed by atoms with Crippen molar-refractivity contribution in [3.63, 3.8) is 0 Å². The first-order valence-corrected chi connectivity index (χ1v) is 18.5. The van der Waals surface area contributed by atoms with Crippen LogP contribution in [0.15, 0.2) is 28.7 Å². The number of benzene rings is 1. The van der Waals surface area contributed by atoms with E-state index in [1.807, 2.05) is 6.07 Å². The summed E-state index contributed by atoms with van der Waals surface area (Å²) in [5, 5.41) is 30.4. The highest BCUT2D eigenvalue weighted by Gasteiger charge is 2.58. The first-order valence-electron chi connectivity index (χ1n) is 16.2. The predicted octanol–water partition coefficient (Wildman–Crippen LogP) is 0.956. The average molecular weight is 749 g/mol. The first kappa shape index (κ1) is 36.4. The molecule has 1 aromatic heterocycles. The van der Waals surface area contributed by atoms with Crippen molar-refractivity contribution in [1.29, 1.82) is 5.41 Å². The number of β-lactam (4-membered cyclic amide) rings is 1. The Labute approximate surface area is 297 Å². The molecule has 9 N–H and O–H groups in total. The number of fused-ring (bicyclic) bond motifs is 1. The molecule has 2 saturated carbocycles. The molecule has 51 heavy (non-hydrogen) atoms. The topological polar surface area (TPSA) is 282 Å². The molecule has 18 nitrogen and oxygen atoms in total. The molecule has 0 radical (unpaired) electrons. The number of nitrogens with zero attached hydrogens (tertiary/aromatic N) is 3. The molecule has 2 aliphatic heterocycles. The van der Waals surface area contributed by atoms with Crippen molar-refractivity contribution >= 4 is 56.2 Å². The fourth-order valence-electron chi connectivity index (χ4n) is 7.37. The maximum Gasteiger partial charge on any atom is 0.418 e. The summed E-state index contributed by atoms with van der Waals surface area (Å²) in [5.41, 5.74) is 9.25. The van der Waals surface area contributed by atoms with Crippen molar-refractivity contribution in [3.8, 4) is 5.75 Å². The Morgan fingerprint density at radius 3 is 2.55 bits per heavy atom. The fraction of sp³-hybridized carbons (Fsp3) is 0.548. The third-order valence-corrected chi connectivity index (χ3v) is 11.3. The molecular weight excluding hydrogens is 709 g/mol. The highest BCUT2D eigenvalue weighted by molar-refractivity contribution is 7.80. The molecular formula is C31H40N8O10S2. The quantitative estimate of drug-likeness (QED) is 0.0524. The van der Waals surface area contributed by atoms with Gasteiger partial charge in [-0.15, -0.1) is 15.6 Å². The van der Waals surface area contributed by atoms with Gasteiger partial charge < -0.3 is 36.8 Å². The van der Waals surface area contributed by atoms with E-state index in [4.69, 9.17) is 31.0 Å². The third kappa shape index (κ3) is 6.97. The molecule has 2 aliphatic carbocycles. The van der Waals surface area contributed by atoms with Gasteiger partial charge in [0.1, 0.15) is 23.3 Å². The lowest BCUT2D eigenvalue weighted by Crippen LogP contribution is -2.76. The normalized spacial score (nSPS) is 27.8. The lowest BCUT2D eigenvalue weighted by Gasteiger charge is -2.58. The van der Waals surface area contributed by atoms with Crippen molar-refractivity contribution < 1.29 is 46.3 Å². The maximum atomic E-state index is 13.5. The summed E-state index contributed by atoms with van der Waals surface area (Å²) in [7, 11) is -5.03. The van der Waals surface area contributed by atoms with E-state index < -0.39 is 57.2 Å². The van der Waals surface area contributed by atoms with Gasteiger partial charge in [0.25, 0.3) is 17.4 Å². The van der Waals surface area contributed by atoms with Crippen molar-refractivity contribution in [2.75, 3.05) is 12.3 Å². The number of carbonyl (C=O) groups excluding carboxylic acids is 2. The molecule has 20 heteroatoms. The Bertz CT molecular complexity index is 1900. The number of hydrogen-bond acceptors (Lipinski definition) is 14.